The zero-order valence-electron chi connectivity index (χ0n) is 5.52. The Morgan fingerprint density at radius 2 is 2.20 bits per heavy atom. The van der Waals surface area contributed by atoms with Crippen molar-refractivity contribution in [2.75, 3.05) is 7.11 Å². The number of hydrogen-bond donors (Lipinski definition) is 0. The summed E-state index contributed by atoms with van der Waals surface area (Å²) in [4.78, 5) is 0. The van der Waals surface area contributed by atoms with Gasteiger partial charge in [0.1, 0.15) is 0 Å². The molecule has 0 aromatic heterocycles. The van der Waals surface area contributed by atoms with Crippen LogP contribution in [0.15, 0.2) is 18.2 Å². The molecule has 0 aliphatic rings. The molecule has 51 valence electrons. The maximum atomic E-state index is 5.73. The van der Waals surface area contributed by atoms with E-state index in [0.717, 1.165) is 14.4 Å². The molecule has 0 saturated heterocycles. The normalized spacial score (nSPS) is 9.50. The Kier molecular flexibility index (Phi) is 2.86. The van der Waals surface area contributed by atoms with Gasteiger partial charge in [0, 0.05) is 0 Å². The van der Waals surface area contributed by atoms with Crippen molar-refractivity contribution >= 4 is 37.7 Å². The van der Waals surface area contributed by atoms with E-state index in [4.69, 9.17) is 16.3 Å². The van der Waals surface area contributed by atoms with Crippen LogP contribution in [0.3, 0.4) is 0 Å². The van der Waals surface area contributed by atoms with E-state index in [-0.39, 0.29) is 0 Å². The van der Waals surface area contributed by atoms with E-state index in [0.29, 0.717) is 0 Å². The first-order valence-corrected chi connectivity index (χ1v) is 4.59. The Morgan fingerprint density at radius 3 is 2.70 bits per heavy atom. The summed E-state index contributed by atoms with van der Waals surface area (Å²) in [6.45, 7) is 0. The van der Waals surface area contributed by atoms with Crippen LogP contribution in [-0.2, 0) is 0 Å². The van der Waals surface area contributed by atoms with E-state index in [9.17, 15) is 0 Å². The number of rotatable bonds is 1. The Bertz CT molecular complexity index is 237. The predicted octanol–water partition coefficient (Wildman–Crippen LogP) is 1.14. The molecule has 0 unspecified atom stereocenters. The van der Waals surface area contributed by atoms with Gasteiger partial charge in [-0.25, -0.2) is 0 Å². The number of benzene rings is 1. The van der Waals surface area contributed by atoms with Crippen molar-refractivity contribution < 1.29 is 4.74 Å². The van der Waals surface area contributed by atoms with Crippen LogP contribution in [0.5, 0.6) is 5.75 Å². The second-order valence-electron chi connectivity index (χ2n) is 1.84. The van der Waals surface area contributed by atoms with E-state index < -0.39 is 0 Å². The van der Waals surface area contributed by atoms with Gasteiger partial charge in [-0.15, -0.1) is 0 Å². The van der Waals surface area contributed by atoms with Gasteiger partial charge in [0.25, 0.3) is 0 Å². The van der Waals surface area contributed by atoms with E-state index in [1.54, 1.807) is 7.11 Å². The minimum atomic E-state index is 0.771. The van der Waals surface area contributed by atoms with Crippen LogP contribution in [0, 0.1) is 0 Å². The third kappa shape index (κ3) is 1.80. The van der Waals surface area contributed by atoms with Gasteiger partial charge >= 0.3 is 78.5 Å². The summed E-state index contributed by atoms with van der Waals surface area (Å²) >= 11 is 7.06. The second kappa shape index (κ2) is 3.49. The van der Waals surface area contributed by atoms with Crippen molar-refractivity contribution in [2.24, 2.45) is 0 Å². The molecule has 1 rings (SSSR count). The molecule has 0 aliphatic carbocycles. The van der Waals surface area contributed by atoms with Crippen LogP contribution < -0.4 is 8.32 Å². The molecule has 0 atom stereocenters. The van der Waals surface area contributed by atoms with E-state index in [1.807, 2.05) is 18.2 Å². The summed E-state index contributed by atoms with van der Waals surface area (Å²) in [6, 6.07) is 5.62. The minimum absolute atomic E-state index is 0.771. The summed E-state index contributed by atoms with van der Waals surface area (Å²) in [6.07, 6.45) is 0. The molecule has 0 heterocycles. The molecule has 1 aromatic carbocycles. The molecule has 0 spiro atoms. The number of ether oxygens (including phenoxy) is 1. The molecule has 3 heteroatoms. The summed E-state index contributed by atoms with van der Waals surface area (Å²) in [5.41, 5.74) is 0. The summed E-state index contributed by atoms with van der Waals surface area (Å²) in [5, 5.41) is 0.771. The molecule has 0 amide bonds. The predicted molar refractivity (Wildman–Crippen MR) is 43.4 cm³/mol. The fraction of sp³-hybridized carbons (Fsp3) is 0.143. The summed E-state index contributed by atoms with van der Waals surface area (Å²) in [5.74, 6) is 0.919. The molecule has 0 N–H and O–H groups in total. The Labute approximate surface area is 78.4 Å². The van der Waals surface area contributed by atoms with E-state index in [1.165, 1.54) is 22.5 Å². The van der Waals surface area contributed by atoms with Gasteiger partial charge in [0.15, 0.2) is 0 Å². The fourth-order valence-electron chi connectivity index (χ4n) is 0.680. The SMILES string of the molecule is COc1ccc(Cl)c[c]1[Sn]. The van der Waals surface area contributed by atoms with Crippen LogP contribution in [-0.4, -0.2) is 29.6 Å². The topological polar surface area (TPSA) is 9.23 Å². The van der Waals surface area contributed by atoms with Gasteiger partial charge in [0.2, 0.25) is 0 Å². The Balaban J connectivity index is 3.07. The third-order valence-corrected chi connectivity index (χ3v) is 2.51. The number of methoxy groups -OCH3 is 1. The van der Waals surface area contributed by atoms with Crippen LogP contribution in [0.4, 0.5) is 0 Å². The first-order valence-electron chi connectivity index (χ1n) is 2.79. The molecular weight excluding hydrogens is 254 g/mol. The standard InChI is InChI=1S/C7H6ClO.Sn/c1-9-7-4-2-6(8)3-5-7;/h2-4H,1H3;. The number of hydrogen-bond acceptors (Lipinski definition) is 1. The Hall–Kier alpha value is 0.109. The van der Waals surface area contributed by atoms with Crippen molar-refractivity contribution in [1.29, 1.82) is 0 Å². The molecule has 0 bridgehead atoms. The molecule has 0 saturated carbocycles. The molecule has 0 fully saturated rings. The van der Waals surface area contributed by atoms with Gasteiger partial charge in [-0.1, -0.05) is 0 Å². The average Bonchev–Trinajstić information content (AvgIpc) is 1.88. The van der Waals surface area contributed by atoms with Gasteiger partial charge in [-0.2, -0.15) is 0 Å². The van der Waals surface area contributed by atoms with E-state index in [2.05, 4.69) is 0 Å². The van der Waals surface area contributed by atoms with Crippen LogP contribution in [0.1, 0.15) is 0 Å². The fourth-order valence-corrected chi connectivity index (χ4v) is 2.09. The van der Waals surface area contributed by atoms with Crippen LogP contribution in [0.2, 0.25) is 5.02 Å². The Morgan fingerprint density at radius 1 is 1.50 bits per heavy atom. The monoisotopic (exact) mass is 261 g/mol. The molecule has 3 radical (unpaired) electrons. The molecule has 0 aliphatic heterocycles. The van der Waals surface area contributed by atoms with Crippen LogP contribution >= 0.6 is 11.6 Å². The van der Waals surface area contributed by atoms with Crippen molar-refractivity contribution in [3.05, 3.63) is 23.2 Å². The quantitative estimate of drug-likeness (QED) is 0.688. The van der Waals surface area contributed by atoms with Gasteiger partial charge in [-0.3, -0.25) is 0 Å². The number of halogens is 1. The maximum absolute atomic E-state index is 5.73. The van der Waals surface area contributed by atoms with Gasteiger partial charge < -0.3 is 0 Å². The molecular formula is C7H6ClOSn. The zero-order valence-corrected chi connectivity index (χ0v) is 9.13. The second-order valence-corrected chi connectivity index (χ2v) is 3.82. The first-order chi connectivity index (χ1) is 4.74. The van der Waals surface area contributed by atoms with Crippen molar-refractivity contribution in [3.8, 4) is 5.75 Å². The third-order valence-electron chi connectivity index (χ3n) is 1.16. The first kappa shape index (κ1) is 8.21. The van der Waals surface area contributed by atoms with Crippen molar-refractivity contribution in [1.82, 2.24) is 0 Å². The van der Waals surface area contributed by atoms with Crippen molar-refractivity contribution in [2.45, 2.75) is 0 Å². The summed E-state index contributed by atoms with van der Waals surface area (Å²) in [7, 11) is 1.66. The van der Waals surface area contributed by atoms with Gasteiger partial charge in [-0.05, 0) is 0 Å². The van der Waals surface area contributed by atoms with Gasteiger partial charge in [0.05, 0.1) is 0 Å². The average molecular weight is 260 g/mol. The van der Waals surface area contributed by atoms with Crippen LogP contribution in [0.25, 0.3) is 0 Å². The molecule has 10 heavy (non-hydrogen) atoms. The molecule has 1 nitrogen and oxygen atoms in total. The van der Waals surface area contributed by atoms with E-state index >= 15 is 0 Å². The van der Waals surface area contributed by atoms with Crippen molar-refractivity contribution in [3.63, 3.8) is 0 Å². The summed E-state index contributed by atoms with van der Waals surface area (Å²) < 4.78 is 6.22. The zero-order chi connectivity index (χ0) is 7.56. The molecule has 1 aromatic rings.